The zero-order chi connectivity index (χ0) is 7.56. The molecule has 1 atom stereocenters. The first-order chi connectivity index (χ1) is 4.70. The predicted octanol–water partition coefficient (Wildman–Crippen LogP) is 2.12. The number of nitrogen functional groups attached to an aromatic ring is 1. The summed E-state index contributed by atoms with van der Waals surface area (Å²) in [6.07, 6.45) is 1.77. The van der Waals surface area contributed by atoms with Crippen molar-refractivity contribution in [1.82, 2.24) is 4.98 Å². The first kappa shape index (κ1) is 7.54. The average Bonchev–Trinajstić information content (AvgIpc) is 1.88. The van der Waals surface area contributed by atoms with Gasteiger partial charge in [0.25, 0.3) is 0 Å². The Morgan fingerprint density at radius 3 is 2.70 bits per heavy atom. The number of nitrogens with zero attached hydrogens (tertiary/aromatic N) is 1. The van der Waals surface area contributed by atoms with Gasteiger partial charge in [0.15, 0.2) is 0 Å². The molecule has 3 heteroatoms. The van der Waals surface area contributed by atoms with E-state index in [1.54, 1.807) is 12.3 Å². The van der Waals surface area contributed by atoms with Gasteiger partial charge in [-0.15, -0.1) is 0 Å². The van der Waals surface area contributed by atoms with Gasteiger partial charge in [0.2, 0.25) is 0 Å². The highest BCUT2D eigenvalue weighted by atomic mass is 79.9. The van der Waals surface area contributed by atoms with Crippen molar-refractivity contribution in [2.24, 2.45) is 0 Å². The zero-order valence-electron chi connectivity index (χ0n) is 5.71. The van der Waals surface area contributed by atoms with Gasteiger partial charge >= 0.3 is 0 Å². The van der Waals surface area contributed by atoms with Crippen LogP contribution in [0.3, 0.4) is 0 Å². The largest absolute Gasteiger partial charge is 0.384 e. The van der Waals surface area contributed by atoms with E-state index in [-0.39, 0.29) is 0 Å². The number of aromatic nitrogens is 1. The molecule has 0 aliphatic carbocycles. The van der Waals surface area contributed by atoms with Crippen LogP contribution in [0.25, 0.3) is 0 Å². The van der Waals surface area contributed by atoms with E-state index in [2.05, 4.69) is 20.9 Å². The first-order valence-corrected chi connectivity index (χ1v) is 3.97. The smallest absolute Gasteiger partial charge is 0.123 e. The molecule has 0 aliphatic rings. The minimum atomic E-state index is 0.348. The van der Waals surface area contributed by atoms with Gasteiger partial charge in [-0.2, -0.15) is 0 Å². The summed E-state index contributed by atoms with van der Waals surface area (Å²) in [5.74, 6) is 0.567. The number of alkyl halides is 1. The highest BCUT2D eigenvalue weighted by molar-refractivity contribution is 9.09. The zero-order valence-corrected chi connectivity index (χ0v) is 7.30. The number of anilines is 1. The molecule has 54 valence electrons. The minimum Gasteiger partial charge on any atom is -0.384 e. The summed E-state index contributed by atoms with van der Waals surface area (Å²) >= 11 is 3.43. The predicted molar refractivity (Wildman–Crippen MR) is 46.0 cm³/mol. The van der Waals surface area contributed by atoms with Gasteiger partial charge in [0, 0.05) is 11.0 Å². The van der Waals surface area contributed by atoms with E-state index >= 15 is 0 Å². The van der Waals surface area contributed by atoms with Gasteiger partial charge in [-0.25, -0.2) is 4.98 Å². The van der Waals surface area contributed by atoms with Crippen molar-refractivity contribution in [3.05, 3.63) is 23.9 Å². The van der Waals surface area contributed by atoms with Crippen LogP contribution in [0.2, 0.25) is 0 Å². The first-order valence-electron chi connectivity index (χ1n) is 3.05. The number of halogens is 1. The minimum absolute atomic E-state index is 0.348. The van der Waals surface area contributed by atoms with Crippen molar-refractivity contribution >= 4 is 21.7 Å². The Balaban J connectivity index is 2.89. The summed E-state index contributed by atoms with van der Waals surface area (Å²) in [6.45, 7) is 2.05. The number of nitrogens with two attached hydrogens (primary N) is 1. The third-order valence-corrected chi connectivity index (χ3v) is 1.80. The molecule has 1 heterocycles. The van der Waals surface area contributed by atoms with Gasteiger partial charge in [0.05, 0.1) is 0 Å². The molecule has 0 bridgehead atoms. The molecule has 0 spiro atoms. The summed E-state index contributed by atoms with van der Waals surface area (Å²) in [5, 5.41) is 0. The summed E-state index contributed by atoms with van der Waals surface area (Å²) in [4.78, 5) is 4.30. The third-order valence-electron chi connectivity index (χ3n) is 1.27. The van der Waals surface area contributed by atoms with E-state index in [1.807, 2.05) is 13.0 Å². The normalized spacial score (nSPS) is 13.0. The molecule has 0 aliphatic heterocycles. The molecule has 0 aromatic carbocycles. The Labute approximate surface area is 68.6 Å². The SMILES string of the molecule is CC(Br)c1ccc(N)nc1. The van der Waals surface area contributed by atoms with Crippen LogP contribution in [-0.4, -0.2) is 4.98 Å². The Bertz CT molecular complexity index is 205. The Morgan fingerprint density at radius 1 is 1.60 bits per heavy atom. The number of hydrogen-bond acceptors (Lipinski definition) is 2. The Kier molecular flexibility index (Phi) is 2.27. The lowest BCUT2D eigenvalue weighted by atomic mass is 10.2. The van der Waals surface area contributed by atoms with Crippen molar-refractivity contribution < 1.29 is 0 Å². The fourth-order valence-electron chi connectivity index (χ4n) is 0.652. The lowest BCUT2D eigenvalue weighted by Crippen LogP contribution is -1.91. The van der Waals surface area contributed by atoms with Gasteiger partial charge in [-0.1, -0.05) is 22.0 Å². The maximum atomic E-state index is 5.40. The van der Waals surface area contributed by atoms with Crippen LogP contribution >= 0.6 is 15.9 Å². The van der Waals surface area contributed by atoms with Gasteiger partial charge in [-0.3, -0.25) is 0 Å². The summed E-state index contributed by atoms with van der Waals surface area (Å²) in [6, 6.07) is 3.76. The lowest BCUT2D eigenvalue weighted by molar-refractivity contribution is 1.09. The van der Waals surface area contributed by atoms with Crippen molar-refractivity contribution in [3.8, 4) is 0 Å². The molecular formula is C7H9BrN2. The van der Waals surface area contributed by atoms with Gasteiger partial charge in [0.1, 0.15) is 5.82 Å². The topological polar surface area (TPSA) is 38.9 Å². The highest BCUT2D eigenvalue weighted by Gasteiger charge is 1.98. The van der Waals surface area contributed by atoms with Crippen LogP contribution in [0.15, 0.2) is 18.3 Å². The van der Waals surface area contributed by atoms with Gasteiger partial charge in [-0.05, 0) is 18.6 Å². The van der Waals surface area contributed by atoms with Crippen LogP contribution in [0.5, 0.6) is 0 Å². The van der Waals surface area contributed by atoms with Crippen LogP contribution in [0.4, 0.5) is 5.82 Å². The molecule has 1 aromatic rings. The molecule has 1 rings (SSSR count). The van der Waals surface area contributed by atoms with E-state index in [0.717, 1.165) is 5.56 Å². The molecule has 0 radical (unpaired) electrons. The van der Waals surface area contributed by atoms with Crippen molar-refractivity contribution in [2.75, 3.05) is 5.73 Å². The van der Waals surface area contributed by atoms with E-state index in [1.165, 1.54) is 0 Å². The molecular weight excluding hydrogens is 192 g/mol. The summed E-state index contributed by atoms with van der Waals surface area (Å²) < 4.78 is 0. The number of pyridine rings is 1. The van der Waals surface area contributed by atoms with Crippen LogP contribution < -0.4 is 5.73 Å². The summed E-state index contributed by atoms with van der Waals surface area (Å²) in [7, 11) is 0. The molecule has 0 amide bonds. The van der Waals surface area contributed by atoms with Crippen molar-refractivity contribution in [3.63, 3.8) is 0 Å². The standard InChI is InChI=1S/C7H9BrN2/c1-5(8)6-2-3-7(9)10-4-6/h2-5H,1H3,(H2,9,10). The molecule has 0 fully saturated rings. The molecule has 1 aromatic heterocycles. The third kappa shape index (κ3) is 1.70. The average molecular weight is 201 g/mol. The maximum absolute atomic E-state index is 5.40. The lowest BCUT2D eigenvalue weighted by Gasteiger charge is -2.01. The second kappa shape index (κ2) is 3.01. The molecule has 0 saturated carbocycles. The number of rotatable bonds is 1. The molecule has 2 N–H and O–H groups in total. The van der Waals surface area contributed by atoms with Crippen molar-refractivity contribution in [1.29, 1.82) is 0 Å². The van der Waals surface area contributed by atoms with Crippen LogP contribution in [0, 0.1) is 0 Å². The second-order valence-electron chi connectivity index (χ2n) is 2.13. The highest BCUT2D eigenvalue weighted by Crippen LogP contribution is 2.20. The summed E-state index contributed by atoms with van der Waals surface area (Å²) in [5.41, 5.74) is 6.55. The molecule has 2 nitrogen and oxygen atoms in total. The monoisotopic (exact) mass is 200 g/mol. The van der Waals surface area contributed by atoms with Crippen LogP contribution in [0.1, 0.15) is 17.3 Å². The fourth-order valence-corrected chi connectivity index (χ4v) is 0.923. The maximum Gasteiger partial charge on any atom is 0.123 e. The Morgan fingerprint density at radius 2 is 2.30 bits per heavy atom. The second-order valence-corrected chi connectivity index (χ2v) is 3.51. The Hall–Kier alpha value is -0.570. The molecule has 0 saturated heterocycles. The fraction of sp³-hybridized carbons (Fsp3) is 0.286. The van der Waals surface area contributed by atoms with Crippen molar-refractivity contribution in [2.45, 2.75) is 11.8 Å². The quantitative estimate of drug-likeness (QED) is 0.706. The van der Waals surface area contributed by atoms with Gasteiger partial charge < -0.3 is 5.73 Å². The van der Waals surface area contributed by atoms with E-state index in [0.29, 0.717) is 10.6 Å². The van der Waals surface area contributed by atoms with E-state index in [4.69, 9.17) is 5.73 Å². The molecule has 10 heavy (non-hydrogen) atoms. The number of hydrogen-bond donors (Lipinski definition) is 1. The molecule has 1 unspecified atom stereocenters. The van der Waals surface area contributed by atoms with E-state index < -0.39 is 0 Å². The van der Waals surface area contributed by atoms with E-state index in [9.17, 15) is 0 Å². The van der Waals surface area contributed by atoms with Crippen LogP contribution in [-0.2, 0) is 0 Å².